The van der Waals surface area contributed by atoms with Crippen LogP contribution in [-0.2, 0) is 9.59 Å². The van der Waals surface area contributed by atoms with Gasteiger partial charge in [0, 0.05) is 31.2 Å². The van der Waals surface area contributed by atoms with Crippen LogP contribution in [-0.4, -0.2) is 36.3 Å². The van der Waals surface area contributed by atoms with Gasteiger partial charge in [-0.1, -0.05) is 30.1 Å². The number of nitrogens with two attached hydrogens (primary N) is 1. The van der Waals surface area contributed by atoms with Crippen LogP contribution in [0.25, 0.3) is 0 Å². The predicted molar refractivity (Wildman–Crippen MR) is 90.2 cm³/mol. The number of hydrogen-bond acceptors (Lipinski definition) is 3. The zero-order valence-corrected chi connectivity index (χ0v) is 14.0. The Bertz CT molecular complexity index is 504. The van der Waals surface area contributed by atoms with Crippen molar-refractivity contribution in [1.29, 1.82) is 0 Å². The van der Waals surface area contributed by atoms with Gasteiger partial charge in [-0.2, -0.15) is 0 Å². The molecule has 1 fully saturated rings. The third kappa shape index (κ3) is 5.73. The molecule has 122 valence electrons. The molecule has 0 bridgehead atoms. The molecule has 7 heteroatoms. The van der Waals surface area contributed by atoms with Crippen molar-refractivity contribution in [1.82, 2.24) is 4.90 Å². The van der Waals surface area contributed by atoms with Crippen molar-refractivity contribution >= 4 is 41.2 Å². The molecule has 1 heterocycles. The van der Waals surface area contributed by atoms with Gasteiger partial charge in [-0.3, -0.25) is 9.59 Å². The Morgan fingerprint density at radius 1 is 1.36 bits per heavy atom. The third-order valence-corrected chi connectivity index (χ3v) is 4.18. The number of hydrogen-bond donors (Lipinski definition) is 2. The lowest BCUT2D eigenvalue weighted by Crippen LogP contribution is -2.42. The molecule has 1 aliphatic heterocycles. The number of piperidine rings is 1. The Morgan fingerprint density at radius 2 is 1.95 bits per heavy atom. The zero-order chi connectivity index (χ0) is 16.5. The summed E-state index contributed by atoms with van der Waals surface area (Å²) < 4.78 is 0. The highest BCUT2D eigenvalue weighted by atomic mass is 35.5. The highest BCUT2D eigenvalue weighted by Gasteiger charge is 2.21. The molecule has 2 rings (SSSR count). The number of primary amides is 1. The first-order valence-corrected chi connectivity index (χ1v) is 7.92. The molecule has 0 aliphatic carbocycles. The monoisotopic (exact) mass is 345 g/mol. The Balaban J connectivity index is 0.000000745. The van der Waals surface area contributed by atoms with Crippen LogP contribution in [0.4, 0.5) is 5.69 Å². The second-order valence-corrected chi connectivity index (χ2v) is 5.73. The van der Waals surface area contributed by atoms with E-state index in [9.17, 15) is 4.79 Å². The Morgan fingerprint density at radius 3 is 2.45 bits per heavy atom. The van der Waals surface area contributed by atoms with Crippen LogP contribution in [0.15, 0.2) is 18.2 Å². The summed E-state index contributed by atoms with van der Waals surface area (Å²) in [4.78, 5) is 22.1. The zero-order valence-electron chi connectivity index (χ0n) is 12.5. The average molecular weight is 346 g/mol. The lowest BCUT2D eigenvalue weighted by atomic mass is 10.0. The van der Waals surface area contributed by atoms with E-state index in [1.165, 1.54) is 0 Å². The minimum absolute atomic E-state index is 0.244. The maximum atomic E-state index is 11.6. The van der Waals surface area contributed by atoms with Crippen LogP contribution < -0.4 is 11.1 Å². The number of nitrogens with zero attached hydrogens (tertiary/aromatic N) is 1. The van der Waals surface area contributed by atoms with Gasteiger partial charge in [0.1, 0.15) is 0 Å². The first-order chi connectivity index (χ1) is 10.5. The number of carbonyl (C=O) groups excluding carboxylic acids is 2. The SMILES string of the molecule is CCC(=O)N1CCC(Nc2ccc(Cl)c(Cl)c2)CC1.NC=O. The van der Waals surface area contributed by atoms with Crippen molar-refractivity contribution in [2.24, 2.45) is 5.73 Å². The quantitative estimate of drug-likeness (QED) is 0.827. The summed E-state index contributed by atoms with van der Waals surface area (Å²) in [5.74, 6) is 0.244. The van der Waals surface area contributed by atoms with E-state index in [-0.39, 0.29) is 12.3 Å². The first-order valence-electron chi connectivity index (χ1n) is 7.16. The predicted octanol–water partition coefficient (Wildman–Crippen LogP) is 2.91. The summed E-state index contributed by atoms with van der Waals surface area (Å²) in [6, 6.07) is 5.95. The minimum atomic E-state index is 0.244. The average Bonchev–Trinajstić information content (AvgIpc) is 2.52. The number of halogens is 2. The van der Waals surface area contributed by atoms with Crippen molar-refractivity contribution in [3.63, 3.8) is 0 Å². The van der Waals surface area contributed by atoms with Gasteiger partial charge in [-0.25, -0.2) is 0 Å². The van der Waals surface area contributed by atoms with Gasteiger partial charge in [-0.05, 0) is 31.0 Å². The largest absolute Gasteiger partial charge is 0.382 e. The molecule has 5 nitrogen and oxygen atoms in total. The molecule has 0 radical (unpaired) electrons. The fraction of sp³-hybridized carbons (Fsp3) is 0.467. The molecule has 1 saturated heterocycles. The van der Waals surface area contributed by atoms with Gasteiger partial charge < -0.3 is 16.0 Å². The van der Waals surface area contributed by atoms with Crippen molar-refractivity contribution < 1.29 is 9.59 Å². The molecule has 0 atom stereocenters. The molecule has 0 spiro atoms. The molecule has 1 aromatic rings. The molecule has 0 saturated carbocycles. The van der Waals surface area contributed by atoms with Crippen molar-refractivity contribution in [2.75, 3.05) is 18.4 Å². The number of amides is 2. The summed E-state index contributed by atoms with van der Waals surface area (Å²) in [5.41, 5.74) is 5.15. The number of rotatable bonds is 3. The number of carbonyl (C=O) groups is 2. The van der Waals surface area contributed by atoms with Gasteiger partial charge in [-0.15, -0.1) is 0 Å². The Kier molecular flexibility index (Phi) is 8.06. The Hall–Kier alpha value is -1.46. The van der Waals surface area contributed by atoms with Crippen LogP contribution in [0, 0.1) is 0 Å². The molecule has 1 aromatic carbocycles. The first kappa shape index (κ1) is 18.6. The summed E-state index contributed by atoms with van der Waals surface area (Å²) in [7, 11) is 0. The summed E-state index contributed by atoms with van der Waals surface area (Å²) in [6.45, 7) is 3.56. The lowest BCUT2D eigenvalue weighted by Gasteiger charge is -2.32. The fourth-order valence-electron chi connectivity index (χ4n) is 2.32. The van der Waals surface area contributed by atoms with Gasteiger partial charge in [0.2, 0.25) is 12.3 Å². The highest BCUT2D eigenvalue weighted by Crippen LogP contribution is 2.26. The molecule has 0 aromatic heterocycles. The summed E-state index contributed by atoms with van der Waals surface area (Å²) >= 11 is 11.9. The van der Waals surface area contributed by atoms with Crippen molar-refractivity contribution in [3.8, 4) is 0 Å². The minimum Gasteiger partial charge on any atom is -0.382 e. The van der Waals surface area contributed by atoms with Crippen LogP contribution >= 0.6 is 23.2 Å². The smallest absolute Gasteiger partial charge is 0.222 e. The molecule has 1 aliphatic rings. The van der Waals surface area contributed by atoms with E-state index in [1.807, 2.05) is 24.0 Å². The molecular formula is C15H21Cl2N3O2. The molecule has 2 amide bonds. The number of anilines is 1. The van der Waals surface area contributed by atoms with E-state index >= 15 is 0 Å². The third-order valence-electron chi connectivity index (χ3n) is 3.44. The van der Waals surface area contributed by atoms with Crippen LogP contribution in [0.3, 0.4) is 0 Å². The van der Waals surface area contributed by atoms with E-state index in [2.05, 4.69) is 11.1 Å². The number of likely N-dealkylation sites (tertiary alicyclic amines) is 1. The van der Waals surface area contributed by atoms with E-state index in [1.54, 1.807) is 6.07 Å². The van der Waals surface area contributed by atoms with Crippen LogP contribution in [0.5, 0.6) is 0 Å². The fourth-order valence-corrected chi connectivity index (χ4v) is 2.62. The van der Waals surface area contributed by atoms with E-state index in [0.717, 1.165) is 31.6 Å². The maximum Gasteiger partial charge on any atom is 0.222 e. The Labute approximate surface area is 140 Å². The number of benzene rings is 1. The molecule has 22 heavy (non-hydrogen) atoms. The summed E-state index contributed by atoms with van der Waals surface area (Å²) in [6.07, 6.45) is 2.77. The van der Waals surface area contributed by atoms with E-state index < -0.39 is 0 Å². The second kappa shape index (κ2) is 9.54. The normalized spacial score (nSPS) is 14.8. The van der Waals surface area contributed by atoms with Crippen LogP contribution in [0.2, 0.25) is 10.0 Å². The van der Waals surface area contributed by atoms with Crippen molar-refractivity contribution in [3.05, 3.63) is 28.2 Å². The van der Waals surface area contributed by atoms with Gasteiger partial charge >= 0.3 is 0 Å². The highest BCUT2D eigenvalue weighted by molar-refractivity contribution is 6.42. The second-order valence-electron chi connectivity index (χ2n) is 4.92. The lowest BCUT2D eigenvalue weighted by molar-refractivity contribution is -0.131. The van der Waals surface area contributed by atoms with Gasteiger partial charge in [0.25, 0.3) is 0 Å². The van der Waals surface area contributed by atoms with Gasteiger partial charge in [0.15, 0.2) is 0 Å². The van der Waals surface area contributed by atoms with Crippen LogP contribution in [0.1, 0.15) is 26.2 Å². The standard InChI is InChI=1S/C14H18Cl2N2O.CH3NO/c1-2-14(19)18-7-5-10(6-8-18)17-11-3-4-12(15)13(16)9-11;2-1-3/h3-4,9-10,17H,2,5-8H2,1H3;1H,(H2,2,3). The van der Waals surface area contributed by atoms with Crippen molar-refractivity contribution in [2.45, 2.75) is 32.2 Å². The molecular weight excluding hydrogens is 325 g/mol. The van der Waals surface area contributed by atoms with E-state index in [4.69, 9.17) is 28.0 Å². The maximum absolute atomic E-state index is 11.6. The molecule has 0 unspecified atom stereocenters. The van der Waals surface area contributed by atoms with Gasteiger partial charge in [0.05, 0.1) is 10.0 Å². The topological polar surface area (TPSA) is 75.4 Å². The van der Waals surface area contributed by atoms with E-state index in [0.29, 0.717) is 22.5 Å². The number of nitrogens with one attached hydrogen (secondary N) is 1. The molecule has 3 N–H and O–H groups in total. The summed E-state index contributed by atoms with van der Waals surface area (Å²) in [5, 5.41) is 4.57.